The Balaban J connectivity index is 1.79. The number of pyridine rings is 1. The van der Waals surface area contributed by atoms with Crippen LogP contribution in [0.15, 0.2) is 42.7 Å². The van der Waals surface area contributed by atoms with E-state index in [9.17, 15) is 4.79 Å². The second-order valence-corrected chi connectivity index (χ2v) is 8.51. The van der Waals surface area contributed by atoms with E-state index < -0.39 is 0 Å². The summed E-state index contributed by atoms with van der Waals surface area (Å²) in [5.74, 6) is 0.279. The molecule has 3 heterocycles. The predicted octanol–water partition coefficient (Wildman–Crippen LogP) is 3.59. The Morgan fingerprint density at radius 2 is 1.97 bits per heavy atom. The topological polar surface area (TPSA) is 41.4 Å². The summed E-state index contributed by atoms with van der Waals surface area (Å²) in [4.78, 5) is 20.8. The molecule has 4 rings (SSSR count). The van der Waals surface area contributed by atoms with Crippen molar-refractivity contribution in [3.63, 3.8) is 0 Å². The van der Waals surface area contributed by atoms with E-state index in [2.05, 4.69) is 46.6 Å². The van der Waals surface area contributed by atoms with Gasteiger partial charge in [0.05, 0.1) is 0 Å². The molecule has 1 aliphatic heterocycles. The van der Waals surface area contributed by atoms with E-state index in [1.54, 1.807) is 4.90 Å². The SMILES string of the molecule is Cc1ccc2c(c1)c1c(n2CC(CC(=O)N(C)C)c2ccncc2)CCN(C)C1. The smallest absolute Gasteiger partial charge is 0.222 e. The molecule has 2 aromatic heterocycles. The van der Waals surface area contributed by atoms with E-state index in [1.165, 1.54) is 33.3 Å². The van der Waals surface area contributed by atoms with E-state index in [0.29, 0.717) is 6.42 Å². The van der Waals surface area contributed by atoms with Gasteiger partial charge in [-0.15, -0.1) is 0 Å². The number of benzene rings is 1. The second-order valence-electron chi connectivity index (χ2n) is 8.51. The lowest BCUT2D eigenvalue weighted by molar-refractivity contribution is -0.129. The highest BCUT2D eigenvalue weighted by molar-refractivity contribution is 5.86. The van der Waals surface area contributed by atoms with E-state index in [0.717, 1.165) is 26.1 Å². The second kappa shape index (κ2) is 7.99. The Morgan fingerprint density at radius 3 is 2.69 bits per heavy atom. The maximum Gasteiger partial charge on any atom is 0.222 e. The number of carbonyl (C=O) groups excluding carboxylic acids is 1. The van der Waals surface area contributed by atoms with Gasteiger partial charge in [0.2, 0.25) is 5.91 Å². The van der Waals surface area contributed by atoms with Crippen molar-refractivity contribution in [1.29, 1.82) is 0 Å². The van der Waals surface area contributed by atoms with Crippen LogP contribution >= 0.6 is 0 Å². The number of carbonyl (C=O) groups is 1. The molecule has 0 aliphatic carbocycles. The summed E-state index contributed by atoms with van der Waals surface area (Å²) in [6.45, 7) is 5.02. The van der Waals surface area contributed by atoms with Gasteiger partial charge in [0.25, 0.3) is 0 Å². The Labute approximate surface area is 172 Å². The number of nitrogens with zero attached hydrogens (tertiary/aromatic N) is 4. The number of rotatable bonds is 5. The molecule has 0 radical (unpaired) electrons. The number of likely N-dealkylation sites (N-methyl/N-ethyl adjacent to an activating group) is 1. The molecule has 5 nitrogen and oxygen atoms in total. The van der Waals surface area contributed by atoms with Crippen LogP contribution in [0.25, 0.3) is 10.9 Å². The normalized spacial score (nSPS) is 15.3. The first-order valence-corrected chi connectivity index (χ1v) is 10.3. The highest BCUT2D eigenvalue weighted by Crippen LogP contribution is 2.34. The first-order valence-electron chi connectivity index (χ1n) is 10.3. The molecule has 0 bridgehead atoms. The molecule has 0 spiro atoms. The third-order valence-corrected chi connectivity index (χ3v) is 6.10. The summed E-state index contributed by atoms with van der Waals surface area (Å²) in [6, 6.07) is 10.9. The van der Waals surface area contributed by atoms with Gasteiger partial charge in [-0.1, -0.05) is 11.6 Å². The molecular formula is C24H30N4O. The molecule has 1 aromatic carbocycles. The van der Waals surface area contributed by atoms with Crippen molar-refractivity contribution in [1.82, 2.24) is 19.4 Å². The Bertz CT molecular complexity index is 1020. The van der Waals surface area contributed by atoms with Gasteiger partial charge in [0.1, 0.15) is 0 Å². The fourth-order valence-corrected chi connectivity index (χ4v) is 4.44. The van der Waals surface area contributed by atoms with Gasteiger partial charge >= 0.3 is 0 Å². The minimum absolute atomic E-state index is 0.119. The van der Waals surface area contributed by atoms with Gasteiger partial charge in [0, 0.05) is 81.5 Å². The molecule has 0 fully saturated rings. The molecule has 1 aliphatic rings. The molecule has 3 aromatic rings. The fourth-order valence-electron chi connectivity index (χ4n) is 4.44. The summed E-state index contributed by atoms with van der Waals surface area (Å²) in [5, 5.41) is 1.36. The largest absolute Gasteiger partial charge is 0.349 e. The number of aryl methyl sites for hydroxylation is 1. The lowest BCUT2D eigenvalue weighted by Crippen LogP contribution is -2.28. The Hall–Kier alpha value is -2.66. The van der Waals surface area contributed by atoms with Gasteiger partial charge in [-0.25, -0.2) is 0 Å². The van der Waals surface area contributed by atoms with Crippen LogP contribution < -0.4 is 0 Å². The van der Waals surface area contributed by atoms with Crippen molar-refractivity contribution in [2.24, 2.45) is 0 Å². The molecule has 0 saturated carbocycles. The van der Waals surface area contributed by atoms with Crippen molar-refractivity contribution < 1.29 is 4.79 Å². The van der Waals surface area contributed by atoms with Crippen molar-refractivity contribution in [3.05, 3.63) is 65.1 Å². The zero-order chi connectivity index (χ0) is 20.5. The molecule has 1 atom stereocenters. The minimum Gasteiger partial charge on any atom is -0.349 e. The highest BCUT2D eigenvalue weighted by Gasteiger charge is 2.25. The van der Waals surface area contributed by atoms with E-state index in [4.69, 9.17) is 0 Å². The lowest BCUT2D eigenvalue weighted by atomic mass is 9.95. The Kier molecular flexibility index (Phi) is 5.41. The highest BCUT2D eigenvalue weighted by atomic mass is 16.2. The molecule has 0 saturated heterocycles. The van der Waals surface area contributed by atoms with Crippen LogP contribution in [0.4, 0.5) is 0 Å². The maximum absolute atomic E-state index is 12.6. The Morgan fingerprint density at radius 1 is 1.21 bits per heavy atom. The summed E-state index contributed by atoms with van der Waals surface area (Å²) in [7, 11) is 5.85. The number of fused-ring (bicyclic) bond motifs is 3. The van der Waals surface area contributed by atoms with Gasteiger partial charge in [0.15, 0.2) is 0 Å². The fraction of sp³-hybridized carbons (Fsp3) is 0.417. The van der Waals surface area contributed by atoms with E-state index in [1.807, 2.05) is 38.6 Å². The monoisotopic (exact) mass is 390 g/mol. The maximum atomic E-state index is 12.6. The summed E-state index contributed by atoms with van der Waals surface area (Å²) in [5.41, 5.74) is 6.63. The van der Waals surface area contributed by atoms with E-state index >= 15 is 0 Å². The molecule has 152 valence electrons. The van der Waals surface area contributed by atoms with Crippen LogP contribution in [0.3, 0.4) is 0 Å². The third kappa shape index (κ3) is 3.92. The first-order chi connectivity index (χ1) is 13.9. The van der Waals surface area contributed by atoms with Crippen LogP contribution in [0.1, 0.15) is 34.7 Å². The number of amides is 1. The number of hydrogen-bond donors (Lipinski definition) is 0. The average Bonchev–Trinajstić information content (AvgIpc) is 3.00. The standard InChI is InChI=1S/C24H30N4O/c1-17-5-6-22-20(13-17)21-16-27(4)12-9-23(21)28(22)15-19(14-24(29)26(2)3)18-7-10-25-11-8-18/h5-8,10-11,13,19H,9,12,14-16H2,1-4H3. The molecule has 1 amide bonds. The molecule has 1 unspecified atom stereocenters. The molecule has 0 N–H and O–H groups in total. The zero-order valence-electron chi connectivity index (χ0n) is 17.9. The van der Waals surface area contributed by atoms with Crippen LogP contribution in [0.2, 0.25) is 0 Å². The quantitative estimate of drug-likeness (QED) is 0.668. The summed E-state index contributed by atoms with van der Waals surface area (Å²) >= 11 is 0. The van der Waals surface area contributed by atoms with Crippen LogP contribution in [0, 0.1) is 6.92 Å². The minimum atomic E-state index is 0.119. The van der Waals surface area contributed by atoms with Gasteiger partial charge in [-0.3, -0.25) is 9.78 Å². The van der Waals surface area contributed by atoms with Gasteiger partial charge < -0.3 is 14.4 Å². The molecular weight excluding hydrogens is 360 g/mol. The van der Waals surface area contributed by atoms with Crippen molar-refractivity contribution in [2.75, 3.05) is 27.7 Å². The van der Waals surface area contributed by atoms with Gasteiger partial charge in [-0.05, 0) is 49.4 Å². The summed E-state index contributed by atoms with van der Waals surface area (Å²) in [6.07, 6.45) is 5.19. The van der Waals surface area contributed by atoms with Crippen LogP contribution in [-0.4, -0.2) is 52.9 Å². The molecule has 5 heteroatoms. The number of hydrogen-bond acceptors (Lipinski definition) is 3. The van der Waals surface area contributed by atoms with Gasteiger partial charge in [-0.2, -0.15) is 0 Å². The summed E-state index contributed by atoms with van der Waals surface area (Å²) < 4.78 is 2.48. The van der Waals surface area contributed by atoms with Crippen molar-refractivity contribution in [2.45, 2.75) is 38.8 Å². The first kappa shape index (κ1) is 19.6. The van der Waals surface area contributed by atoms with Crippen molar-refractivity contribution in [3.8, 4) is 0 Å². The lowest BCUT2D eigenvalue weighted by Gasteiger charge is -2.26. The molecule has 29 heavy (non-hydrogen) atoms. The zero-order valence-corrected chi connectivity index (χ0v) is 17.9. The van der Waals surface area contributed by atoms with Crippen LogP contribution in [-0.2, 0) is 24.3 Å². The predicted molar refractivity (Wildman–Crippen MR) is 117 cm³/mol. The van der Waals surface area contributed by atoms with E-state index in [-0.39, 0.29) is 11.8 Å². The van der Waals surface area contributed by atoms with Crippen molar-refractivity contribution >= 4 is 16.8 Å². The number of aromatic nitrogens is 2. The average molecular weight is 391 g/mol. The van der Waals surface area contributed by atoms with Crippen LogP contribution in [0.5, 0.6) is 0 Å². The third-order valence-electron chi connectivity index (χ3n) is 6.10.